The lowest BCUT2D eigenvalue weighted by Gasteiger charge is -2.33. The second kappa shape index (κ2) is 9.51. The third-order valence-corrected chi connectivity index (χ3v) is 5.04. The fourth-order valence-corrected chi connectivity index (χ4v) is 3.70. The minimum absolute atomic E-state index is 0.0986. The van der Waals surface area contributed by atoms with Crippen molar-refractivity contribution in [1.29, 1.82) is 0 Å². The van der Waals surface area contributed by atoms with Gasteiger partial charge in [-0.25, -0.2) is 4.39 Å². The van der Waals surface area contributed by atoms with Crippen LogP contribution in [0.2, 0.25) is 0 Å². The zero-order valence-corrected chi connectivity index (χ0v) is 15.6. The molecule has 0 radical (unpaired) electrons. The Labute approximate surface area is 160 Å². The van der Waals surface area contributed by atoms with Crippen molar-refractivity contribution in [2.75, 3.05) is 19.7 Å². The summed E-state index contributed by atoms with van der Waals surface area (Å²) in [6.07, 6.45) is 4.57. The van der Waals surface area contributed by atoms with Crippen LogP contribution in [0.5, 0.6) is 5.75 Å². The van der Waals surface area contributed by atoms with Crippen LogP contribution in [-0.2, 0) is 17.8 Å². The standard InChI is InChI=1S/C22H27FN2O2/c23-20-10-8-17(9-11-20)6-7-18-4-2-12-25(14-18)15-19-3-1-5-21(13-19)27-16-22(24)26/h1,3,5,8-11,13,18H,2,4,6-7,12,14-16H2,(H2,24,26)/t18-/m0/s1. The van der Waals surface area contributed by atoms with Crippen molar-refractivity contribution < 1.29 is 13.9 Å². The van der Waals surface area contributed by atoms with Gasteiger partial charge in [0.25, 0.3) is 5.91 Å². The van der Waals surface area contributed by atoms with Gasteiger partial charge in [0.1, 0.15) is 11.6 Å². The number of carbonyl (C=O) groups is 1. The summed E-state index contributed by atoms with van der Waals surface area (Å²) in [6.45, 7) is 2.95. The number of hydrogen-bond donors (Lipinski definition) is 1. The monoisotopic (exact) mass is 370 g/mol. The third kappa shape index (κ3) is 6.36. The topological polar surface area (TPSA) is 55.6 Å². The van der Waals surface area contributed by atoms with Crippen LogP contribution in [0.4, 0.5) is 4.39 Å². The van der Waals surface area contributed by atoms with Crippen LogP contribution in [0.1, 0.15) is 30.4 Å². The molecule has 1 atom stereocenters. The highest BCUT2D eigenvalue weighted by molar-refractivity contribution is 5.75. The molecular formula is C22H27FN2O2. The van der Waals surface area contributed by atoms with Crippen molar-refractivity contribution in [3.05, 3.63) is 65.5 Å². The zero-order valence-electron chi connectivity index (χ0n) is 15.6. The summed E-state index contributed by atoms with van der Waals surface area (Å²) in [5, 5.41) is 0. The maximum absolute atomic E-state index is 13.0. The summed E-state index contributed by atoms with van der Waals surface area (Å²) in [7, 11) is 0. The number of piperidine rings is 1. The van der Waals surface area contributed by atoms with Gasteiger partial charge in [0.15, 0.2) is 6.61 Å². The van der Waals surface area contributed by atoms with E-state index in [0.717, 1.165) is 32.5 Å². The van der Waals surface area contributed by atoms with Gasteiger partial charge in [-0.05, 0) is 73.5 Å². The number of aryl methyl sites for hydroxylation is 1. The molecule has 2 aromatic carbocycles. The molecule has 1 saturated heterocycles. The molecule has 0 saturated carbocycles. The molecule has 1 heterocycles. The molecule has 2 N–H and O–H groups in total. The largest absolute Gasteiger partial charge is 0.484 e. The molecule has 0 bridgehead atoms. The number of hydrogen-bond acceptors (Lipinski definition) is 3. The van der Waals surface area contributed by atoms with Crippen molar-refractivity contribution in [2.24, 2.45) is 11.7 Å². The Balaban J connectivity index is 1.50. The number of halogens is 1. The lowest BCUT2D eigenvalue weighted by Crippen LogP contribution is -2.35. The summed E-state index contributed by atoms with van der Waals surface area (Å²) < 4.78 is 18.4. The molecular weight excluding hydrogens is 343 g/mol. The smallest absolute Gasteiger partial charge is 0.255 e. The van der Waals surface area contributed by atoms with E-state index in [1.165, 1.54) is 36.1 Å². The van der Waals surface area contributed by atoms with Crippen molar-refractivity contribution in [3.8, 4) is 5.75 Å². The minimum atomic E-state index is -0.472. The highest BCUT2D eigenvalue weighted by Crippen LogP contribution is 2.24. The molecule has 3 rings (SSSR count). The van der Waals surface area contributed by atoms with Gasteiger partial charge < -0.3 is 10.5 Å². The van der Waals surface area contributed by atoms with Crippen LogP contribution in [0.15, 0.2) is 48.5 Å². The lowest BCUT2D eigenvalue weighted by atomic mass is 9.91. The second-order valence-electron chi connectivity index (χ2n) is 7.31. The Morgan fingerprint density at radius 1 is 1.19 bits per heavy atom. The molecule has 4 nitrogen and oxygen atoms in total. The molecule has 0 aromatic heterocycles. The summed E-state index contributed by atoms with van der Waals surface area (Å²) in [6, 6.07) is 14.7. The van der Waals surface area contributed by atoms with Crippen LogP contribution in [-0.4, -0.2) is 30.5 Å². The first-order valence-corrected chi connectivity index (χ1v) is 9.55. The molecule has 1 aliphatic rings. The number of amides is 1. The maximum atomic E-state index is 13.0. The first kappa shape index (κ1) is 19.4. The number of ether oxygens (including phenoxy) is 1. The quantitative estimate of drug-likeness (QED) is 0.773. The lowest BCUT2D eigenvalue weighted by molar-refractivity contribution is -0.119. The van der Waals surface area contributed by atoms with E-state index < -0.39 is 5.91 Å². The molecule has 1 aliphatic heterocycles. The molecule has 0 unspecified atom stereocenters. The predicted octanol–water partition coefficient (Wildman–Crippen LogP) is 3.53. The van der Waals surface area contributed by atoms with Gasteiger partial charge in [-0.1, -0.05) is 24.3 Å². The van der Waals surface area contributed by atoms with Crippen molar-refractivity contribution >= 4 is 5.91 Å². The first-order chi connectivity index (χ1) is 13.1. The molecule has 27 heavy (non-hydrogen) atoms. The Kier molecular flexibility index (Phi) is 6.82. The van der Waals surface area contributed by atoms with Crippen LogP contribution in [0.25, 0.3) is 0 Å². The number of nitrogens with zero attached hydrogens (tertiary/aromatic N) is 1. The first-order valence-electron chi connectivity index (χ1n) is 9.55. The van der Waals surface area contributed by atoms with Gasteiger partial charge in [0.2, 0.25) is 0 Å². The van der Waals surface area contributed by atoms with E-state index in [2.05, 4.69) is 11.0 Å². The summed E-state index contributed by atoms with van der Waals surface area (Å²) in [4.78, 5) is 13.3. The number of rotatable bonds is 8. The minimum Gasteiger partial charge on any atom is -0.484 e. The fourth-order valence-electron chi connectivity index (χ4n) is 3.70. The van der Waals surface area contributed by atoms with Gasteiger partial charge in [0.05, 0.1) is 0 Å². The fraction of sp³-hybridized carbons (Fsp3) is 0.409. The van der Waals surface area contributed by atoms with E-state index in [4.69, 9.17) is 10.5 Å². The molecule has 0 aliphatic carbocycles. The number of benzene rings is 2. The van der Waals surface area contributed by atoms with Gasteiger partial charge >= 0.3 is 0 Å². The maximum Gasteiger partial charge on any atom is 0.255 e. The third-order valence-electron chi connectivity index (χ3n) is 5.04. The van der Waals surface area contributed by atoms with Gasteiger partial charge in [0, 0.05) is 13.1 Å². The van der Waals surface area contributed by atoms with Crippen LogP contribution in [0.3, 0.4) is 0 Å². The van der Waals surface area contributed by atoms with Crippen molar-refractivity contribution in [3.63, 3.8) is 0 Å². The number of likely N-dealkylation sites (tertiary alicyclic amines) is 1. The molecule has 5 heteroatoms. The number of primary amides is 1. The van der Waals surface area contributed by atoms with Crippen molar-refractivity contribution in [2.45, 2.75) is 32.2 Å². The van der Waals surface area contributed by atoms with Crippen LogP contribution in [0, 0.1) is 11.7 Å². The van der Waals surface area contributed by atoms with Gasteiger partial charge in [-0.15, -0.1) is 0 Å². The van der Waals surface area contributed by atoms with E-state index in [9.17, 15) is 9.18 Å². The predicted molar refractivity (Wildman–Crippen MR) is 104 cm³/mol. The SMILES string of the molecule is NC(=O)COc1cccc(CN2CCC[C@@H](CCc3ccc(F)cc3)C2)c1. The van der Waals surface area contributed by atoms with Gasteiger partial charge in [-0.2, -0.15) is 0 Å². The average Bonchev–Trinajstić information content (AvgIpc) is 2.67. The second-order valence-corrected chi connectivity index (χ2v) is 7.31. The zero-order chi connectivity index (χ0) is 19.1. The molecule has 1 fully saturated rings. The van der Waals surface area contributed by atoms with E-state index in [1.807, 2.05) is 30.3 Å². The molecule has 1 amide bonds. The molecule has 2 aromatic rings. The Morgan fingerprint density at radius 2 is 2.00 bits per heavy atom. The average molecular weight is 370 g/mol. The summed E-state index contributed by atoms with van der Waals surface area (Å²) >= 11 is 0. The van der Waals surface area contributed by atoms with E-state index in [1.54, 1.807) is 0 Å². The Morgan fingerprint density at radius 3 is 2.78 bits per heavy atom. The Hall–Kier alpha value is -2.40. The van der Waals surface area contributed by atoms with Gasteiger partial charge in [-0.3, -0.25) is 9.69 Å². The number of nitrogens with two attached hydrogens (primary N) is 1. The van der Waals surface area contributed by atoms with E-state index in [-0.39, 0.29) is 12.4 Å². The molecule has 0 spiro atoms. The summed E-state index contributed by atoms with van der Waals surface area (Å²) in [5.41, 5.74) is 7.51. The van der Waals surface area contributed by atoms with E-state index >= 15 is 0 Å². The van der Waals surface area contributed by atoms with Crippen LogP contribution >= 0.6 is 0 Å². The van der Waals surface area contributed by atoms with E-state index in [0.29, 0.717) is 11.7 Å². The molecule has 144 valence electrons. The highest BCUT2D eigenvalue weighted by atomic mass is 19.1. The highest BCUT2D eigenvalue weighted by Gasteiger charge is 2.20. The summed E-state index contributed by atoms with van der Waals surface area (Å²) in [5.74, 6) is 0.694. The Bertz CT molecular complexity index is 748. The number of carbonyl (C=O) groups excluding carboxylic acids is 1. The van der Waals surface area contributed by atoms with Crippen molar-refractivity contribution in [1.82, 2.24) is 4.90 Å². The van der Waals surface area contributed by atoms with Crippen LogP contribution < -0.4 is 10.5 Å². The normalized spacial score (nSPS) is 17.6.